The molecule has 20 heavy (non-hydrogen) atoms. The average Bonchev–Trinajstić information content (AvgIpc) is 3.15. The minimum Gasteiger partial charge on any atom is -0.324 e. The van der Waals surface area contributed by atoms with Crippen LogP contribution in [-0.2, 0) is 0 Å². The van der Waals surface area contributed by atoms with E-state index in [9.17, 15) is 0 Å². The van der Waals surface area contributed by atoms with Gasteiger partial charge in [0.05, 0.1) is 0 Å². The van der Waals surface area contributed by atoms with Gasteiger partial charge < -0.3 is 4.57 Å². The lowest BCUT2D eigenvalue weighted by molar-refractivity contribution is 0.268. The number of benzene rings is 1. The first-order valence-electron chi connectivity index (χ1n) is 7.82. The van der Waals surface area contributed by atoms with Crippen LogP contribution >= 0.6 is 0 Å². The van der Waals surface area contributed by atoms with Gasteiger partial charge in [-0.1, -0.05) is 23.8 Å². The summed E-state index contributed by atoms with van der Waals surface area (Å²) in [6.45, 7) is 0. The standard InChI is InChI=1S/C19H19N/c1-2-8-20(7-1)18-5-3-13(4-6-18)19-16-9-14-10-17(19)12-15(14)11-16/h1-9,15-17,19H,10-12H2. The van der Waals surface area contributed by atoms with Gasteiger partial charge in [0.2, 0.25) is 0 Å². The molecule has 0 radical (unpaired) electrons. The van der Waals surface area contributed by atoms with Gasteiger partial charge >= 0.3 is 0 Å². The lowest BCUT2D eigenvalue weighted by atomic mass is 9.70. The Balaban J connectivity index is 1.49. The van der Waals surface area contributed by atoms with Gasteiger partial charge in [-0.15, -0.1) is 0 Å². The van der Waals surface area contributed by atoms with E-state index in [1.54, 1.807) is 11.1 Å². The molecule has 0 aliphatic heterocycles. The molecule has 2 aromatic rings. The van der Waals surface area contributed by atoms with E-state index in [4.69, 9.17) is 0 Å². The summed E-state index contributed by atoms with van der Waals surface area (Å²) in [6.07, 6.45) is 11.1. The second-order valence-corrected chi connectivity index (χ2v) is 6.75. The Morgan fingerprint density at radius 1 is 0.950 bits per heavy atom. The molecule has 4 bridgehead atoms. The van der Waals surface area contributed by atoms with Gasteiger partial charge in [-0.3, -0.25) is 0 Å². The van der Waals surface area contributed by atoms with Gasteiger partial charge in [-0.2, -0.15) is 0 Å². The molecule has 0 saturated heterocycles. The van der Waals surface area contributed by atoms with Crippen molar-refractivity contribution in [1.29, 1.82) is 0 Å². The summed E-state index contributed by atoms with van der Waals surface area (Å²) < 4.78 is 2.18. The first-order chi connectivity index (χ1) is 9.88. The van der Waals surface area contributed by atoms with Gasteiger partial charge in [0.25, 0.3) is 0 Å². The summed E-state index contributed by atoms with van der Waals surface area (Å²) in [7, 11) is 0. The van der Waals surface area contributed by atoms with Gasteiger partial charge in [0.15, 0.2) is 0 Å². The summed E-state index contributed by atoms with van der Waals surface area (Å²) in [5.74, 6) is 3.51. The largest absolute Gasteiger partial charge is 0.324 e. The number of rotatable bonds is 2. The van der Waals surface area contributed by atoms with Gasteiger partial charge in [0, 0.05) is 18.1 Å². The summed E-state index contributed by atoms with van der Waals surface area (Å²) in [5, 5.41) is 0. The van der Waals surface area contributed by atoms with Crippen LogP contribution in [0.5, 0.6) is 0 Å². The highest BCUT2D eigenvalue weighted by Gasteiger charge is 2.48. The first kappa shape index (κ1) is 11.0. The van der Waals surface area contributed by atoms with Gasteiger partial charge in [-0.05, 0) is 72.8 Å². The van der Waals surface area contributed by atoms with Crippen LogP contribution in [0, 0.1) is 17.8 Å². The summed E-state index contributed by atoms with van der Waals surface area (Å²) in [4.78, 5) is 0. The third kappa shape index (κ3) is 1.44. The van der Waals surface area contributed by atoms with E-state index in [1.165, 1.54) is 24.9 Å². The summed E-state index contributed by atoms with van der Waals surface area (Å²) >= 11 is 0. The van der Waals surface area contributed by atoms with E-state index in [1.807, 2.05) is 0 Å². The minimum absolute atomic E-state index is 0.788. The zero-order valence-electron chi connectivity index (χ0n) is 11.6. The van der Waals surface area contributed by atoms with E-state index in [0.29, 0.717) is 0 Å². The molecular weight excluding hydrogens is 242 g/mol. The van der Waals surface area contributed by atoms with Gasteiger partial charge in [-0.25, -0.2) is 0 Å². The van der Waals surface area contributed by atoms with Gasteiger partial charge in [0.1, 0.15) is 0 Å². The van der Waals surface area contributed by atoms with Crippen molar-refractivity contribution in [3.63, 3.8) is 0 Å². The fourth-order valence-corrected chi connectivity index (χ4v) is 4.96. The Morgan fingerprint density at radius 3 is 2.45 bits per heavy atom. The second-order valence-electron chi connectivity index (χ2n) is 6.75. The molecule has 4 atom stereocenters. The number of allylic oxidation sites excluding steroid dienone is 2. The molecule has 2 fully saturated rings. The van der Waals surface area contributed by atoms with Crippen LogP contribution in [0.25, 0.3) is 5.69 Å². The molecule has 0 spiro atoms. The molecule has 6 rings (SSSR count). The van der Waals surface area contributed by atoms with Crippen molar-refractivity contribution >= 4 is 0 Å². The van der Waals surface area contributed by atoms with Crippen molar-refractivity contribution in [3.8, 4) is 5.69 Å². The molecule has 2 saturated carbocycles. The molecule has 100 valence electrons. The Morgan fingerprint density at radius 2 is 1.75 bits per heavy atom. The van der Waals surface area contributed by atoms with E-state index >= 15 is 0 Å². The lowest BCUT2D eigenvalue weighted by Crippen LogP contribution is -2.23. The van der Waals surface area contributed by atoms with E-state index in [-0.39, 0.29) is 0 Å². The average molecular weight is 261 g/mol. The predicted octanol–water partition coefficient (Wildman–Crippen LogP) is 4.55. The lowest BCUT2D eigenvalue weighted by Gasteiger charge is -2.34. The molecule has 4 unspecified atom stereocenters. The van der Waals surface area contributed by atoms with Crippen LogP contribution in [-0.4, -0.2) is 4.57 Å². The van der Waals surface area contributed by atoms with Crippen LogP contribution in [0.3, 0.4) is 0 Å². The quantitative estimate of drug-likeness (QED) is 0.699. The second kappa shape index (κ2) is 3.88. The maximum absolute atomic E-state index is 2.61. The van der Waals surface area contributed by atoms with Crippen molar-refractivity contribution < 1.29 is 0 Å². The molecule has 4 aliphatic rings. The zero-order valence-corrected chi connectivity index (χ0v) is 11.6. The molecule has 4 aliphatic carbocycles. The number of aromatic nitrogens is 1. The highest BCUT2D eigenvalue weighted by atomic mass is 14.9. The fourth-order valence-electron chi connectivity index (χ4n) is 4.96. The minimum atomic E-state index is 0.788. The van der Waals surface area contributed by atoms with Crippen molar-refractivity contribution in [2.45, 2.75) is 25.2 Å². The van der Waals surface area contributed by atoms with Crippen molar-refractivity contribution in [2.24, 2.45) is 17.8 Å². The molecule has 1 heterocycles. The smallest absolute Gasteiger partial charge is 0.0449 e. The zero-order chi connectivity index (χ0) is 13.1. The van der Waals surface area contributed by atoms with Crippen molar-refractivity contribution in [1.82, 2.24) is 4.57 Å². The van der Waals surface area contributed by atoms with E-state index in [0.717, 1.165) is 23.7 Å². The number of nitrogens with zero attached hydrogens (tertiary/aromatic N) is 1. The van der Waals surface area contributed by atoms with Crippen LogP contribution in [0.4, 0.5) is 0 Å². The molecular formula is C19H19N. The normalized spacial score (nSPS) is 33.7. The molecule has 1 aromatic carbocycles. The fraction of sp³-hybridized carbons (Fsp3) is 0.368. The van der Waals surface area contributed by atoms with Crippen LogP contribution in [0.2, 0.25) is 0 Å². The Bertz CT molecular complexity index is 662. The third-order valence-corrected chi connectivity index (χ3v) is 5.74. The van der Waals surface area contributed by atoms with Crippen LogP contribution in [0.1, 0.15) is 30.7 Å². The highest BCUT2D eigenvalue weighted by Crippen LogP contribution is 2.60. The Kier molecular flexibility index (Phi) is 2.13. The topological polar surface area (TPSA) is 4.93 Å². The Labute approximate surface area is 119 Å². The van der Waals surface area contributed by atoms with Crippen molar-refractivity contribution in [3.05, 3.63) is 66.0 Å². The van der Waals surface area contributed by atoms with E-state index in [2.05, 4.69) is 59.4 Å². The molecule has 0 N–H and O–H groups in total. The number of hydrogen-bond acceptors (Lipinski definition) is 0. The third-order valence-electron chi connectivity index (χ3n) is 5.74. The SMILES string of the molecule is C1=C2CC3CC2CC1C3c1ccc(-n2cccc2)cc1. The molecule has 0 amide bonds. The predicted molar refractivity (Wildman–Crippen MR) is 80.9 cm³/mol. The summed E-state index contributed by atoms with van der Waals surface area (Å²) in [6, 6.07) is 13.4. The molecule has 1 aromatic heterocycles. The summed E-state index contributed by atoms with van der Waals surface area (Å²) in [5.41, 5.74) is 4.62. The molecule has 1 heteroatoms. The van der Waals surface area contributed by atoms with E-state index < -0.39 is 0 Å². The molecule has 1 nitrogen and oxygen atoms in total. The number of hydrogen-bond donors (Lipinski definition) is 0. The van der Waals surface area contributed by atoms with Crippen LogP contribution < -0.4 is 0 Å². The maximum atomic E-state index is 2.61. The van der Waals surface area contributed by atoms with Crippen LogP contribution in [0.15, 0.2) is 60.4 Å². The monoisotopic (exact) mass is 261 g/mol. The highest BCUT2D eigenvalue weighted by molar-refractivity contribution is 5.40. The first-order valence-corrected chi connectivity index (χ1v) is 7.82. The maximum Gasteiger partial charge on any atom is 0.0449 e. The Hall–Kier alpha value is -1.76. The van der Waals surface area contributed by atoms with Crippen molar-refractivity contribution in [2.75, 3.05) is 0 Å².